The van der Waals surface area contributed by atoms with Crippen molar-refractivity contribution >= 4 is 11.8 Å². The maximum Gasteiger partial charge on any atom is 0.224 e. The van der Waals surface area contributed by atoms with Gasteiger partial charge in [-0.15, -0.1) is 0 Å². The van der Waals surface area contributed by atoms with Crippen molar-refractivity contribution in [2.45, 2.75) is 65.3 Å². The lowest BCUT2D eigenvalue weighted by atomic mass is 9.97. The zero-order valence-electron chi connectivity index (χ0n) is 13.1. The molecule has 1 heterocycles. The van der Waals surface area contributed by atoms with Crippen molar-refractivity contribution in [1.82, 2.24) is 9.97 Å². The summed E-state index contributed by atoms with van der Waals surface area (Å²) in [6.07, 6.45) is 7.72. The third kappa shape index (κ3) is 4.36. The molecule has 0 spiro atoms. The second kappa shape index (κ2) is 7.46. The molecule has 2 N–H and O–H groups in total. The standard InChI is InChI=1S/C16H28N4/c1-4-10-17-16-18-13(3)11-15(20-16)19-14-9-7-5-6-8-12(14)2/h11-12,14H,4-10H2,1-3H3,(H2,17,18,19,20). The van der Waals surface area contributed by atoms with E-state index in [9.17, 15) is 0 Å². The van der Waals surface area contributed by atoms with Crippen molar-refractivity contribution in [2.75, 3.05) is 17.2 Å². The van der Waals surface area contributed by atoms with Crippen LogP contribution in [-0.4, -0.2) is 22.6 Å². The Morgan fingerprint density at radius 3 is 2.80 bits per heavy atom. The van der Waals surface area contributed by atoms with Crippen molar-refractivity contribution in [3.63, 3.8) is 0 Å². The van der Waals surface area contributed by atoms with E-state index in [2.05, 4.69) is 40.5 Å². The Bertz CT molecular complexity index is 419. The van der Waals surface area contributed by atoms with E-state index in [1.807, 2.05) is 6.92 Å². The first-order valence-electron chi connectivity index (χ1n) is 8.05. The molecule has 1 fully saturated rings. The molecule has 1 aliphatic carbocycles. The van der Waals surface area contributed by atoms with Gasteiger partial charge in [0.05, 0.1) is 0 Å². The number of anilines is 2. The Labute approximate surface area is 122 Å². The highest BCUT2D eigenvalue weighted by Crippen LogP contribution is 2.25. The number of hydrogen-bond donors (Lipinski definition) is 2. The van der Waals surface area contributed by atoms with Gasteiger partial charge in [0, 0.05) is 24.3 Å². The molecule has 1 saturated carbocycles. The van der Waals surface area contributed by atoms with Gasteiger partial charge in [-0.3, -0.25) is 0 Å². The van der Waals surface area contributed by atoms with Crippen molar-refractivity contribution in [3.8, 4) is 0 Å². The van der Waals surface area contributed by atoms with Gasteiger partial charge in [0.15, 0.2) is 0 Å². The van der Waals surface area contributed by atoms with E-state index < -0.39 is 0 Å². The maximum atomic E-state index is 4.60. The minimum absolute atomic E-state index is 0.547. The number of hydrogen-bond acceptors (Lipinski definition) is 4. The molecule has 2 unspecified atom stereocenters. The topological polar surface area (TPSA) is 49.8 Å². The molecule has 2 rings (SSSR count). The first-order valence-corrected chi connectivity index (χ1v) is 8.05. The second-order valence-corrected chi connectivity index (χ2v) is 6.01. The highest BCUT2D eigenvalue weighted by molar-refractivity contribution is 5.43. The van der Waals surface area contributed by atoms with Gasteiger partial charge in [0.1, 0.15) is 5.82 Å². The van der Waals surface area contributed by atoms with E-state index in [0.29, 0.717) is 6.04 Å². The minimum atomic E-state index is 0.547. The van der Waals surface area contributed by atoms with Crippen LogP contribution in [0.5, 0.6) is 0 Å². The predicted octanol–water partition coefficient (Wildman–Crippen LogP) is 3.99. The van der Waals surface area contributed by atoms with Gasteiger partial charge < -0.3 is 10.6 Å². The Morgan fingerprint density at radius 2 is 2.00 bits per heavy atom. The normalized spacial score (nSPS) is 23.1. The summed E-state index contributed by atoms with van der Waals surface area (Å²) in [5, 5.41) is 6.91. The van der Waals surface area contributed by atoms with Gasteiger partial charge in [0.25, 0.3) is 0 Å². The number of nitrogens with zero attached hydrogens (tertiary/aromatic N) is 2. The van der Waals surface area contributed by atoms with E-state index >= 15 is 0 Å². The average molecular weight is 276 g/mol. The summed E-state index contributed by atoms with van der Waals surface area (Å²) in [7, 11) is 0. The average Bonchev–Trinajstić information content (AvgIpc) is 2.61. The van der Waals surface area contributed by atoms with Crippen molar-refractivity contribution in [1.29, 1.82) is 0 Å². The molecule has 0 aliphatic heterocycles. The highest BCUT2D eigenvalue weighted by Gasteiger charge is 2.20. The fourth-order valence-electron chi connectivity index (χ4n) is 2.86. The van der Waals surface area contributed by atoms with Crippen LogP contribution in [0.1, 0.15) is 58.1 Å². The van der Waals surface area contributed by atoms with Gasteiger partial charge in [-0.25, -0.2) is 4.98 Å². The Kier molecular flexibility index (Phi) is 5.62. The van der Waals surface area contributed by atoms with Crippen LogP contribution in [0, 0.1) is 12.8 Å². The zero-order valence-corrected chi connectivity index (χ0v) is 13.1. The first kappa shape index (κ1) is 15.1. The summed E-state index contributed by atoms with van der Waals surface area (Å²) in [5.74, 6) is 2.44. The molecule has 0 radical (unpaired) electrons. The number of nitrogens with one attached hydrogen (secondary N) is 2. The Balaban J connectivity index is 2.05. The van der Waals surface area contributed by atoms with E-state index in [-0.39, 0.29) is 0 Å². The Hall–Kier alpha value is -1.32. The lowest BCUT2D eigenvalue weighted by molar-refractivity contribution is 0.455. The SMILES string of the molecule is CCCNc1nc(C)cc(NC2CCCCCC2C)n1. The molecule has 1 aromatic heterocycles. The predicted molar refractivity (Wildman–Crippen MR) is 85.2 cm³/mol. The molecule has 4 nitrogen and oxygen atoms in total. The fourth-order valence-corrected chi connectivity index (χ4v) is 2.86. The molecular weight excluding hydrogens is 248 g/mol. The van der Waals surface area contributed by atoms with Crippen LogP contribution in [0.15, 0.2) is 6.07 Å². The molecule has 0 bridgehead atoms. The number of aryl methyl sites for hydroxylation is 1. The van der Waals surface area contributed by atoms with Gasteiger partial charge >= 0.3 is 0 Å². The summed E-state index contributed by atoms with van der Waals surface area (Å²) < 4.78 is 0. The number of rotatable bonds is 5. The van der Waals surface area contributed by atoms with Gasteiger partial charge in [0.2, 0.25) is 5.95 Å². The first-order chi connectivity index (χ1) is 9.69. The van der Waals surface area contributed by atoms with Gasteiger partial charge in [-0.2, -0.15) is 4.98 Å². The fraction of sp³-hybridized carbons (Fsp3) is 0.750. The van der Waals surface area contributed by atoms with Crippen molar-refractivity contribution in [2.24, 2.45) is 5.92 Å². The zero-order chi connectivity index (χ0) is 14.4. The van der Waals surface area contributed by atoms with Crippen LogP contribution in [0.3, 0.4) is 0 Å². The van der Waals surface area contributed by atoms with Crippen LogP contribution in [-0.2, 0) is 0 Å². The van der Waals surface area contributed by atoms with E-state index in [0.717, 1.165) is 36.3 Å². The van der Waals surface area contributed by atoms with Gasteiger partial charge in [-0.05, 0) is 32.1 Å². The molecular formula is C16H28N4. The van der Waals surface area contributed by atoms with Crippen LogP contribution >= 0.6 is 0 Å². The molecule has 20 heavy (non-hydrogen) atoms. The minimum Gasteiger partial charge on any atom is -0.367 e. The summed E-state index contributed by atoms with van der Waals surface area (Å²) in [6.45, 7) is 7.45. The molecule has 4 heteroatoms. The third-order valence-corrected chi connectivity index (χ3v) is 4.08. The summed E-state index contributed by atoms with van der Waals surface area (Å²) in [6, 6.07) is 2.60. The maximum absolute atomic E-state index is 4.60. The lowest BCUT2D eigenvalue weighted by Gasteiger charge is -2.23. The van der Waals surface area contributed by atoms with Gasteiger partial charge in [-0.1, -0.05) is 33.1 Å². The molecule has 2 atom stereocenters. The summed E-state index contributed by atoms with van der Waals surface area (Å²) in [5.41, 5.74) is 1.02. The molecule has 112 valence electrons. The summed E-state index contributed by atoms with van der Waals surface area (Å²) in [4.78, 5) is 9.04. The smallest absolute Gasteiger partial charge is 0.224 e. The van der Waals surface area contributed by atoms with Crippen LogP contribution in [0.2, 0.25) is 0 Å². The molecule has 1 aromatic rings. The Morgan fingerprint density at radius 1 is 1.20 bits per heavy atom. The quantitative estimate of drug-likeness (QED) is 0.798. The largest absolute Gasteiger partial charge is 0.367 e. The van der Waals surface area contributed by atoms with Crippen molar-refractivity contribution < 1.29 is 0 Å². The summed E-state index contributed by atoms with van der Waals surface area (Å²) >= 11 is 0. The van der Waals surface area contributed by atoms with E-state index in [1.54, 1.807) is 0 Å². The second-order valence-electron chi connectivity index (χ2n) is 6.01. The van der Waals surface area contributed by atoms with E-state index in [4.69, 9.17) is 0 Å². The van der Waals surface area contributed by atoms with Crippen LogP contribution in [0.4, 0.5) is 11.8 Å². The van der Waals surface area contributed by atoms with Crippen molar-refractivity contribution in [3.05, 3.63) is 11.8 Å². The lowest BCUT2D eigenvalue weighted by Crippen LogP contribution is -2.27. The molecule has 0 amide bonds. The molecule has 0 saturated heterocycles. The monoisotopic (exact) mass is 276 g/mol. The number of aromatic nitrogens is 2. The van der Waals surface area contributed by atoms with Crippen LogP contribution in [0.25, 0.3) is 0 Å². The van der Waals surface area contributed by atoms with Crippen LogP contribution < -0.4 is 10.6 Å². The molecule has 0 aromatic carbocycles. The highest BCUT2D eigenvalue weighted by atomic mass is 15.1. The van der Waals surface area contributed by atoms with E-state index in [1.165, 1.54) is 32.1 Å². The third-order valence-electron chi connectivity index (χ3n) is 4.08. The molecule has 1 aliphatic rings.